The summed E-state index contributed by atoms with van der Waals surface area (Å²) in [5.41, 5.74) is 0. The van der Waals surface area contributed by atoms with Crippen LogP contribution in [0.15, 0.2) is 6.33 Å². The summed E-state index contributed by atoms with van der Waals surface area (Å²) < 4.78 is 1.86. The van der Waals surface area contributed by atoms with Gasteiger partial charge in [0.1, 0.15) is 6.33 Å². The van der Waals surface area contributed by atoms with E-state index in [1.54, 1.807) is 6.33 Å². The van der Waals surface area contributed by atoms with Crippen LogP contribution in [-0.2, 0) is 13.1 Å². The predicted molar refractivity (Wildman–Crippen MR) is 76.0 cm³/mol. The highest BCUT2D eigenvalue weighted by molar-refractivity contribution is 5.73. The highest BCUT2D eigenvalue weighted by Gasteiger charge is 2.16. The lowest BCUT2D eigenvalue weighted by atomic mass is 9.97. The van der Waals surface area contributed by atoms with Crippen molar-refractivity contribution < 1.29 is 9.90 Å². The summed E-state index contributed by atoms with van der Waals surface area (Å²) in [6.45, 7) is 7.40. The molecule has 1 unspecified atom stereocenters. The van der Waals surface area contributed by atoms with Crippen LogP contribution in [-0.4, -0.2) is 38.6 Å². The minimum atomic E-state index is -0.505. The summed E-state index contributed by atoms with van der Waals surface area (Å²) >= 11 is 0. The lowest BCUT2D eigenvalue weighted by Gasteiger charge is -2.20. The van der Waals surface area contributed by atoms with Gasteiger partial charge in [0.15, 0.2) is 5.82 Å². The van der Waals surface area contributed by atoms with Gasteiger partial charge in [-0.2, -0.15) is 0 Å². The molecule has 7 nitrogen and oxygen atoms in total. The third-order valence-corrected chi connectivity index (χ3v) is 3.51. The highest BCUT2D eigenvalue weighted by Crippen LogP contribution is 2.12. The monoisotopic (exact) mass is 283 g/mol. The van der Waals surface area contributed by atoms with Crippen LogP contribution in [0, 0.1) is 5.92 Å². The molecule has 1 atom stereocenters. The Bertz CT molecular complexity index is 403. The molecule has 3 N–H and O–H groups in total. The van der Waals surface area contributed by atoms with E-state index in [1.165, 1.54) is 0 Å². The van der Waals surface area contributed by atoms with Gasteiger partial charge < -0.3 is 20.3 Å². The predicted octanol–water partition coefficient (Wildman–Crippen LogP) is 0.894. The summed E-state index contributed by atoms with van der Waals surface area (Å²) in [6, 6.07) is -0.305. The molecule has 0 saturated heterocycles. The maximum atomic E-state index is 11.7. The third kappa shape index (κ3) is 4.80. The van der Waals surface area contributed by atoms with Crippen LogP contribution in [0.3, 0.4) is 0 Å². The number of nitrogens with zero attached hydrogens (tertiary/aromatic N) is 3. The Balaban J connectivity index is 2.30. The van der Waals surface area contributed by atoms with E-state index >= 15 is 0 Å². The Morgan fingerprint density at radius 1 is 1.35 bits per heavy atom. The first-order chi connectivity index (χ1) is 9.62. The van der Waals surface area contributed by atoms with Gasteiger partial charge in [0.2, 0.25) is 0 Å². The molecule has 1 rings (SSSR count). The zero-order valence-corrected chi connectivity index (χ0v) is 12.5. The standard InChI is InChI=1S/C13H25N5O2/c1-4-10(5-2)11(19)7-14-13(20)15-8-12-17-16-9-18(12)6-3/h9-11,19H,4-8H2,1-3H3,(H2,14,15,20). The number of carbonyl (C=O) groups excluding carboxylic acids is 1. The summed E-state index contributed by atoms with van der Waals surface area (Å²) in [5.74, 6) is 0.932. The van der Waals surface area contributed by atoms with Crippen molar-refractivity contribution in [3.63, 3.8) is 0 Å². The number of nitrogens with one attached hydrogen (secondary N) is 2. The van der Waals surface area contributed by atoms with Crippen LogP contribution < -0.4 is 10.6 Å². The molecule has 0 aliphatic heterocycles. The molecule has 0 radical (unpaired) electrons. The summed E-state index contributed by atoms with van der Waals surface area (Å²) in [4.78, 5) is 11.7. The highest BCUT2D eigenvalue weighted by atomic mass is 16.3. The second-order valence-corrected chi connectivity index (χ2v) is 4.74. The first-order valence-corrected chi connectivity index (χ1v) is 7.18. The van der Waals surface area contributed by atoms with Crippen molar-refractivity contribution in [3.05, 3.63) is 12.2 Å². The van der Waals surface area contributed by atoms with Gasteiger partial charge in [0.25, 0.3) is 0 Å². The van der Waals surface area contributed by atoms with E-state index in [1.807, 2.05) is 25.3 Å². The van der Waals surface area contributed by atoms with E-state index in [4.69, 9.17) is 0 Å². The van der Waals surface area contributed by atoms with Gasteiger partial charge in [0, 0.05) is 13.1 Å². The molecule has 0 aliphatic rings. The summed E-state index contributed by atoms with van der Waals surface area (Å²) in [7, 11) is 0. The fourth-order valence-corrected chi connectivity index (χ4v) is 2.10. The van der Waals surface area contributed by atoms with E-state index in [9.17, 15) is 9.90 Å². The molecule has 114 valence electrons. The van der Waals surface area contributed by atoms with Crippen molar-refractivity contribution in [2.45, 2.75) is 52.8 Å². The second-order valence-electron chi connectivity index (χ2n) is 4.74. The van der Waals surface area contributed by atoms with E-state index in [-0.39, 0.29) is 18.5 Å². The van der Waals surface area contributed by atoms with Gasteiger partial charge >= 0.3 is 6.03 Å². The quantitative estimate of drug-likeness (QED) is 0.661. The number of aryl methyl sites for hydroxylation is 1. The van der Waals surface area contributed by atoms with E-state index in [0.29, 0.717) is 12.4 Å². The Labute approximate surface area is 119 Å². The number of hydrogen-bond acceptors (Lipinski definition) is 4. The molecule has 2 amide bonds. The van der Waals surface area contributed by atoms with E-state index < -0.39 is 6.10 Å². The summed E-state index contributed by atoms with van der Waals surface area (Å²) in [6.07, 6.45) is 2.93. The molecule has 20 heavy (non-hydrogen) atoms. The lowest BCUT2D eigenvalue weighted by molar-refractivity contribution is 0.103. The minimum absolute atomic E-state index is 0.221. The number of hydrogen-bond donors (Lipinski definition) is 3. The van der Waals surface area contributed by atoms with Crippen LogP contribution in [0.25, 0.3) is 0 Å². The molecule has 1 aromatic heterocycles. The first kappa shape index (κ1) is 16.4. The molecule has 0 aromatic carbocycles. The number of urea groups is 1. The number of aromatic nitrogens is 3. The SMILES string of the molecule is CCC(CC)C(O)CNC(=O)NCc1nncn1CC. The molecular formula is C13H25N5O2. The van der Waals surface area contributed by atoms with Crippen molar-refractivity contribution >= 4 is 6.03 Å². The number of aliphatic hydroxyl groups excluding tert-OH is 1. The Hall–Kier alpha value is -1.63. The number of rotatable bonds is 8. The summed E-state index contributed by atoms with van der Waals surface area (Å²) in [5, 5.41) is 23.0. The van der Waals surface area contributed by atoms with Gasteiger partial charge in [0.05, 0.1) is 12.6 Å². The van der Waals surface area contributed by atoms with Gasteiger partial charge in [-0.3, -0.25) is 0 Å². The molecule has 0 spiro atoms. The van der Waals surface area contributed by atoms with Gasteiger partial charge in [-0.25, -0.2) is 4.79 Å². The van der Waals surface area contributed by atoms with Crippen molar-refractivity contribution in [1.82, 2.24) is 25.4 Å². The first-order valence-electron chi connectivity index (χ1n) is 7.18. The van der Waals surface area contributed by atoms with Crippen LogP contribution in [0.1, 0.15) is 39.4 Å². The molecule has 0 saturated carbocycles. The van der Waals surface area contributed by atoms with E-state index in [0.717, 1.165) is 19.4 Å². The molecule has 1 aromatic rings. The Morgan fingerprint density at radius 3 is 2.65 bits per heavy atom. The second kappa shape index (κ2) is 8.52. The normalized spacial score (nSPS) is 12.4. The van der Waals surface area contributed by atoms with Crippen molar-refractivity contribution in [1.29, 1.82) is 0 Å². The Kier molecular flexibility index (Phi) is 7.00. The maximum Gasteiger partial charge on any atom is 0.315 e. The Morgan fingerprint density at radius 2 is 2.05 bits per heavy atom. The number of amides is 2. The molecule has 0 bridgehead atoms. The van der Waals surface area contributed by atoms with Gasteiger partial charge in [-0.1, -0.05) is 26.7 Å². The number of aliphatic hydroxyl groups is 1. The zero-order valence-electron chi connectivity index (χ0n) is 12.5. The van der Waals surface area contributed by atoms with Crippen LogP contribution in [0.4, 0.5) is 4.79 Å². The van der Waals surface area contributed by atoms with Gasteiger partial charge in [-0.15, -0.1) is 10.2 Å². The average Bonchev–Trinajstić information content (AvgIpc) is 2.91. The van der Waals surface area contributed by atoms with Crippen molar-refractivity contribution in [3.8, 4) is 0 Å². The lowest BCUT2D eigenvalue weighted by Crippen LogP contribution is -2.41. The largest absolute Gasteiger partial charge is 0.391 e. The molecule has 0 aliphatic carbocycles. The average molecular weight is 283 g/mol. The van der Waals surface area contributed by atoms with E-state index in [2.05, 4.69) is 20.8 Å². The van der Waals surface area contributed by atoms with Crippen molar-refractivity contribution in [2.75, 3.05) is 6.54 Å². The van der Waals surface area contributed by atoms with Crippen molar-refractivity contribution in [2.24, 2.45) is 5.92 Å². The minimum Gasteiger partial charge on any atom is -0.391 e. The molecule has 7 heteroatoms. The van der Waals surface area contributed by atoms with Crippen LogP contribution in [0.5, 0.6) is 0 Å². The van der Waals surface area contributed by atoms with Gasteiger partial charge in [-0.05, 0) is 12.8 Å². The topological polar surface area (TPSA) is 92.1 Å². The molecular weight excluding hydrogens is 258 g/mol. The maximum absolute atomic E-state index is 11.7. The van der Waals surface area contributed by atoms with Crippen LogP contribution in [0.2, 0.25) is 0 Å². The zero-order chi connectivity index (χ0) is 15.0. The fraction of sp³-hybridized carbons (Fsp3) is 0.769. The third-order valence-electron chi connectivity index (χ3n) is 3.51. The fourth-order valence-electron chi connectivity index (χ4n) is 2.10. The number of carbonyl (C=O) groups is 1. The molecule has 0 fully saturated rings. The molecule has 1 heterocycles. The van der Waals surface area contributed by atoms with Crippen LogP contribution >= 0.6 is 0 Å². The smallest absolute Gasteiger partial charge is 0.315 e.